The zero-order valence-electron chi connectivity index (χ0n) is 7.88. The van der Waals surface area contributed by atoms with Crippen LogP contribution < -0.4 is 0 Å². The van der Waals surface area contributed by atoms with Gasteiger partial charge < -0.3 is 0 Å². The summed E-state index contributed by atoms with van der Waals surface area (Å²) in [5.74, 6) is 0. The molecule has 0 saturated heterocycles. The van der Waals surface area contributed by atoms with Crippen molar-refractivity contribution < 1.29 is 0 Å². The Kier molecular flexibility index (Phi) is 2.96. The first-order valence-corrected chi connectivity index (χ1v) is 4.57. The largest absolute Gasteiger partial charge is 0.0810 e. The molecular formula is C11H15B. The molecule has 0 amide bonds. The van der Waals surface area contributed by atoms with E-state index in [1.54, 1.807) is 0 Å². The van der Waals surface area contributed by atoms with E-state index >= 15 is 0 Å². The molecule has 0 aliphatic rings. The highest BCUT2D eigenvalue weighted by Gasteiger charge is 2.20. The summed E-state index contributed by atoms with van der Waals surface area (Å²) in [6.07, 6.45) is 1.99. The molecule has 2 radical (unpaired) electrons. The zero-order valence-corrected chi connectivity index (χ0v) is 7.88. The number of hydrogen-bond acceptors (Lipinski definition) is 0. The monoisotopic (exact) mass is 158 g/mol. The second kappa shape index (κ2) is 3.80. The average molecular weight is 158 g/mol. The van der Waals surface area contributed by atoms with Crippen molar-refractivity contribution in [3.63, 3.8) is 0 Å². The van der Waals surface area contributed by atoms with Gasteiger partial charge in [-0.15, -0.1) is 0 Å². The first-order valence-electron chi connectivity index (χ1n) is 4.57. The topological polar surface area (TPSA) is 0 Å². The molecule has 1 rings (SSSR count). The molecule has 0 heterocycles. The van der Waals surface area contributed by atoms with Crippen molar-refractivity contribution in [3.05, 3.63) is 35.9 Å². The van der Waals surface area contributed by atoms with Crippen LogP contribution >= 0.6 is 0 Å². The highest BCUT2D eigenvalue weighted by Crippen LogP contribution is 2.27. The van der Waals surface area contributed by atoms with E-state index in [-0.39, 0.29) is 5.31 Å². The molecule has 0 bridgehead atoms. The maximum atomic E-state index is 6.22. The maximum absolute atomic E-state index is 6.22. The maximum Gasteiger partial charge on any atom is 0.0810 e. The summed E-state index contributed by atoms with van der Waals surface area (Å²) in [5, 5.41) is -0.124. The minimum absolute atomic E-state index is 0.124. The van der Waals surface area contributed by atoms with Crippen molar-refractivity contribution in [2.45, 2.75) is 32.0 Å². The van der Waals surface area contributed by atoms with E-state index in [0.717, 1.165) is 12.8 Å². The van der Waals surface area contributed by atoms with Crippen molar-refractivity contribution in [3.8, 4) is 0 Å². The lowest BCUT2D eigenvalue weighted by atomic mass is 9.61. The SMILES string of the molecule is [B]C(CC)(CC)c1ccccc1. The molecule has 0 aliphatic carbocycles. The molecule has 12 heavy (non-hydrogen) atoms. The van der Waals surface area contributed by atoms with E-state index in [1.165, 1.54) is 5.56 Å². The third-order valence-corrected chi connectivity index (χ3v) is 2.61. The van der Waals surface area contributed by atoms with Crippen molar-refractivity contribution in [1.29, 1.82) is 0 Å². The summed E-state index contributed by atoms with van der Waals surface area (Å²) in [6, 6.07) is 10.3. The minimum atomic E-state index is -0.124. The Morgan fingerprint density at radius 1 is 1.08 bits per heavy atom. The standard InChI is InChI=1S/C11H15B/c1-3-11(12,4-2)10-8-6-5-7-9-10/h5-9H,3-4H2,1-2H3. The van der Waals surface area contributed by atoms with Crippen molar-refractivity contribution in [1.82, 2.24) is 0 Å². The van der Waals surface area contributed by atoms with Crippen LogP contribution in [0.2, 0.25) is 0 Å². The molecule has 0 saturated carbocycles. The predicted octanol–water partition coefficient (Wildman–Crippen LogP) is 2.87. The fraction of sp³-hybridized carbons (Fsp3) is 0.455. The van der Waals surface area contributed by atoms with Gasteiger partial charge in [0.15, 0.2) is 0 Å². The Bertz CT molecular complexity index is 224. The molecule has 0 spiro atoms. The molecule has 0 aromatic heterocycles. The van der Waals surface area contributed by atoms with E-state index in [0.29, 0.717) is 0 Å². The Morgan fingerprint density at radius 2 is 1.58 bits per heavy atom. The molecule has 0 unspecified atom stereocenters. The van der Waals surface area contributed by atoms with Gasteiger partial charge in [0, 0.05) is 0 Å². The molecule has 0 atom stereocenters. The van der Waals surface area contributed by atoms with Gasteiger partial charge in [0.25, 0.3) is 0 Å². The third-order valence-electron chi connectivity index (χ3n) is 2.61. The summed E-state index contributed by atoms with van der Waals surface area (Å²) >= 11 is 0. The van der Waals surface area contributed by atoms with Crippen LogP contribution in [0.5, 0.6) is 0 Å². The Hall–Kier alpha value is -0.715. The van der Waals surface area contributed by atoms with Gasteiger partial charge in [-0.1, -0.05) is 62.6 Å². The van der Waals surface area contributed by atoms with Crippen LogP contribution in [0.1, 0.15) is 32.3 Å². The van der Waals surface area contributed by atoms with E-state index < -0.39 is 0 Å². The molecule has 0 N–H and O–H groups in total. The van der Waals surface area contributed by atoms with Gasteiger partial charge in [-0.25, -0.2) is 0 Å². The normalized spacial score (nSPS) is 11.5. The minimum Gasteiger partial charge on any atom is -0.0653 e. The second-order valence-corrected chi connectivity index (χ2v) is 3.23. The quantitative estimate of drug-likeness (QED) is 0.593. The fourth-order valence-electron chi connectivity index (χ4n) is 1.43. The van der Waals surface area contributed by atoms with Gasteiger partial charge in [0.05, 0.1) is 7.85 Å². The van der Waals surface area contributed by atoms with Gasteiger partial charge in [-0.05, 0) is 5.31 Å². The van der Waals surface area contributed by atoms with Crippen LogP contribution in [0, 0.1) is 0 Å². The lowest BCUT2D eigenvalue weighted by molar-refractivity contribution is 0.565. The summed E-state index contributed by atoms with van der Waals surface area (Å²) in [6.45, 7) is 4.27. The van der Waals surface area contributed by atoms with Crippen LogP contribution in [0.25, 0.3) is 0 Å². The zero-order chi connectivity index (χ0) is 9.03. The highest BCUT2D eigenvalue weighted by atomic mass is 14.2. The summed E-state index contributed by atoms with van der Waals surface area (Å²) in [4.78, 5) is 0. The molecule has 1 aromatic carbocycles. The van der Waals surface area contributed by atoms with E-state index in [4.69, 9.17) is 7.85 Å². The lowest BCUT2D eigenvalue weighted by Crippen LogP contribution is -2.24. The van der Waals surface area contributed by atoms with Gasteiger partial charge in [-0.3, -0.25) is 0 Å². The summed E-state index contributed by atoms with van der Waals surface area (Å²) < 4.78 is 0. The van der Waals surface area contributed by atoms with Crippen molar-refractivity contribution >= 4 is 7.85 Å². The average Bonchev–Trinajstić information content (AvgIpc) is 2.18. The number of benzene rings is 1. The smallest absolute Gasteiger partial charge is 0.0653 e. The van der Waals surface area contributed by atoms with Gasteiger partial charge >= 0.3 is 0 Å². The number of rotatable bonds is 3. The Labute approximate surface area is 76.4 Å². The molecule has 1 aromatic rings. The number of hydrogen-bond donors (Lipinski definition) is 0. The molecule has 0 nitrogen and oxygen atoms in total. The van der Waals surface area contributed by atoms with Crippen molar-refractivity contribution in [2.75, 3.05) is 0 Å². The molecule has 0 fully saturated rings. The summed E-state index contributed by atoms with van der Waals surface area (Å²) in [7, 11) is 6.22. The van der Waals surface area contributed by atoms with Gasteiger partial charge in [0.1, 0.15) is 0 Å². The molecule has 0 aliphatic heterocycles. The van der Waals surface area contributed by atoms with Crippen LogP contribution in [0.15, 0.2) is 30.3 Å². The van der Waals surface area contributed by atoms with Crippen LogP contribution in [-0.2, 0) is 5.31 Å². The third kappa shape index (κ3) is 1.71. The first-order chi connectivity index (χ1) is 5.73. The lowest BCUT2D eigenvalue weighted by Gasteiger charge is -2.27. The molecular weight excluding hydrogens is 143 g/mol. The van der Waals surface area contributed by atoms with Gasteiger partial charge in [0.2, 0.25) is 0 Å². The van der Waals surface area contributed by atoms with E-state index in [2.05, 4.69) is 26.0 Å². The predicted molar refractivity (Wildman–Crippen MR) is 54.5 cm³/mol. The van der Waals surface area contributed by atoms with E-state index in [1.807, 2.05) is 18.2 Å². The van der Waals surface area contributed by atoms with Gasteiger partial charge in [-0.2, -0.15) is 0 Å². The fourth-order valence-corrected chi connectivity index (χ4v) is 1.43. The Morgan fingerprint density at radius 3 is 2.00 bits per heavy atom. The van der Waals surface area contributed by atoms with Crippen LogP contribution in [0.4, 0.5) is 0 Å². The summed E-state index contributed by atoms with van der Waals surface area (Å²) in [5.41, 5.74) is 1.25. The van der Waals surface area contributed by atoms with E-state index in [9.17, 15) is 0 Å². The first kappa shape index (κ1) is 9.37. The van der Waals surface area contributed by atoms with Crippen molar-refractivity contribution in [2.24, 2.45) is 0 Å². The molecule has 1 heteroatoms. The second-order valence-electron chi connectivity index (χ2n) is 3.23. The van der Waals surface area contributed by atoms with Crippen LogP contribution in [0.3, 0.4) is 0 Å². The van der Waals surface area contributed by atoms with Crippen LogP contribution in [-0.4, -0.2) is 7.85 Å². The highest BCUT2D eigenvalue weighted by molar-refractivity contribution is 6.15. The molecule has 62 valence electrons. The Balaban J connectivity index is 2.95.